The first-order valence-electron chi connectivity index (χ1n) is 10.8. The Morgan fingerprint density at radius 3 is 2.71 bits per heavy atom. The van der Waals surface area contributed by atoms with Crippen molar-refractivity contribution in [3.05, 3.63) is 59.5 Å². The van der Waals surface area contributed by atoms with E-state index >= 15 is 0 Å². The van der Waals surface area contributed by atoms with Gasteiger partial charge in [-0.3, -0.25) is 0 Å². The molecule has 2 aliphatic heterocycles. The molecule has 2 saturated heterocycles. The molecule has 2 fully saturated rings. The van der Waals surface area contributed by atoms with Crippen molar-refractivity contribution in [1.29, 1.82) is 0 Å². The Labute approximate surface area is 188 Å². The van der Waals surface area contributed by atoms with E-state index in [1.165, 1.54) is 5.56 Å². The SMILES string of the molecule is Cl.O=C(OCc1ccccc1)N1CCC(c2nc3nccc(C4CCNCC4)c3[nH]2)C1. The third kappa shape index (κ3) is 4.67. The average Bonchev–Trinajstić information content (AvgIpc) is 3.46. The first kappa shape index (κ1) is 21.6. The van der Waals surface area contributed by atoms with E-state index in [2.05, 4.69) is 21.4 Å². The van der Waals surface area contributed by atoms with Gasteiger partial charge >= 0.3 is 6.09 Å². The summed E-state index contributed by atoms with van der Waals surface area (Å²) in [7, 11) is 0. The summed E-state index contributed by atoms with van der Waals surface area (Å²) in [4.78, 5) is 27.1. The summed E-state index contributed by atoms with van der Waals surface area (Å²) in [5.41, 5.74) is 4.16. The van der Waals surface area contributed by atoms with Crippen LogP contribution in [-0.4, -0.2) is 52.1 Å². The number of carbonyl (C=O) groups is 1. The van der Waals surface area contributed by atoms with Crippen molar-refractivity contribution < 1.29 is 9.53 Å². The summed E-state index contributed by atoms with van der Waals surface area (Å²) in [6.45, 7) is 3.71. The monoisotopic (exact) mass is 441 g/mol. The second-order valence-electron chi connectivity index (χ2n) is 8.22. The molecule has 3 aromatic rings. The van der Waals surface area contributed by atoms with Crippen LogP contribution in [0.25, 0.3) is 11.2 Å². The standard InChI is InChI=1S/C23H27N5O2.ClH/c29-23(30-15-16-4-2-1-3-5-16)28-13-9-18(14-28)21-26-20-19(8-12-25-22(20)27-21)17-6-10-24-11-7-17;/h1-5,8,12,17-18,24H,6-7,9-11,13-15H2,(H,25,26,27);1H. The number of nitrogens with zero attached hydrogens (tertiary/aromatic N) is 3. The van der Waals surface area contributed by atoms with Gasteiger partial charge in [0.1, 0.15) is 12.4 Å². The van der Waals surface area contributed by atoms with Crippen molar-refractivity contribution in [2.24, 2.45) is 0 Å². The fourth-order valence-electron chi connectivity index (χ4n) is 4.57. The highest BCUT2D eigenvalue weighted by Crippen LogP contribution is 2.32. The van der Waals surface area contributed by atoms with Gasteiger partial charge in [-0.15, -0.1) is 12.4 Å². The van der Waals surface area contributed by atoms with E-state index in [1.807, 2.05) is 36.5 Å². The first-order chi connectivity index (χ1) is 14.8. The van der Waals surface area contributed by atoms with Crippen LogP contribution in [0, 0.1) is 0 Å². The molecule has 2 N–H and O–H groups in total. The van der Waals surface area contributed by atoms with Crippen LogP contribution in [0.5, 0.6) is 0 Å². The molecule has 1 atom stereocenters. The number of fused-ring (bicyclic) bond motifs is 1. The highest BCUT2D eigenvalue weighted by Gasteiger charge is 2.31. The Bertz CT molecular complexity index is 1020. The molecule has 164 valence electrons. The smallest absolute Gasteiger partial charge is 0.410 e. The Morgan fingerprint density at radius 2 is 1.90 bits per heavy atom. The van der Waals surface area contributed by atoms with Gasteiger partial charge in [-0.05, 0) is 55.5 Å². The van der Waals surface area contributed by atoms with Crippen LogP contribution in [0.1, 0.15) is 48.0 Å². The normalized spacial score (nSPS) is 19.4. The van der Waals surface area contributed by atoms with E-state index in [9.17, 15) is 4.79 Å². The average molecular weight is 442 g/mol. The van der Waals surface area contributed by atoms with Crippen molar-refractivity contribution in [1.82, 2.24) is 25.2 Å². The molecule has 0 spiro atoms. The second-order valence-corrected chi connectivity index (χ2v) is 8.22. The number of pyridine rings is 1. The number of piperidine rings is 1. The zero-order valence-electron chi connectivity index (χ0n) is 17.4. The van der Waals surface area contributed by atoms with E-state index in [0.29, 0.717) is 25.6 Å². The van der Waals surface area contributed by atoms with Gasteiger partial charge < -0.3 is 19.9 Å². The predicted octanol–water partition coefficient (Wildman–Crippen LogP) is 3.97. The van der Waals surface area contributed by atoms with Crippen LogP contribution in [0.3, 0.4) is 0 Å². The number of amides is 1. The van der Waals surface area contributed by atoms with Gasteiger partial charge in [0.15, 0.2) is 5.65 Å². The van der Waals surface area contributed by atoms with Gasteiger partial charge in [0.2, 0.25) is 0 Å². The fraction of sp³-hybridized carbons (Fsp3) is 0.435. The lowest BCUT2D eigenvalue weighted by Gasteiger charge is -2.23. The number of aromatic nitrogens is 3. The van der Waals surface area contributed by atoms with Gasteiger partial charge in [0.05, 0.1) is 5.52 Å². The maximum Gasteiger partial charge on any atom is 0.410 e. The number of hydrogen-bond donors (Lipinski definition) is 2. The van der Waals surface area contributed by atoms with Crippen molar-refractivity contribution in [3.63, 3.8) is 0 Å². The molecule has 1 aromatic carbocycles. The van der Waals surface area contributed by atoms with Crippen molar-refractivity contribution in [3.8, 4) is 0 Å². The number of rotatable bonds is 4. The van der Waals surface area contributed by atoms with Gasteiger partial charge in [0.25, 0.3) is 0 Å². The highest BCUT2D eigenvalue weighted by molar-refractivity contribution is 5.85. The van der Waals surface area contributed by atoms with Crippen LogP contribution in [0.2, 0.25) is 0 Å². The number of H-pyrrole nitrogens is 1. The maximum atomic E-state index is 12.5. The zero-order valence-corrected chi connectivity index (χ0v) is 18.2. The molecular weight excluding hydrogens is 414 g/mol. The molecule has 2 aliphatic rings. The Balaban J connectivity index is 0.00000231. The molecule has 1 unspecified atom stereocenters. The van der Waals surface area contributed by atoms with Crippen LogP contribution in [-0.2, 0) is 11.3 Å². The molecule has 0 aliphatic carbocycles. The topological polar surface area (TPSA) is 83.1 Å². The molecule has 8 heteroatoms. The van der Waals surface area contributed by atoms with Crippen LogP contribution < -0.4 is 5.32 Å². The maximum absolute atomic E-state index is 12.5. The molecule has 1 amide bonds. The van der Waals surface area contributed by atoms with Gasteiger partial charge in [-0.2, -0.15) is 0 Å². The Kier molecular flexibility index (Phi) is 6.73. The number of carbonyl (C=O) groups excluding carboxylic acids is 1. The number of imidazole rings is 1. The van der Waals surface area contributed by atoms with Crippen LogP contribution in [0.4, 0.5) is 4.79 Å². The van der Waals surface area contributed by atoms with E-state index in [-0.39, 0.29) is 24.4 Å². The lowest BCUT2D eigenvalue weighted by Crippen LogP contribution is -2.29. The number of halogens is 1. The number of aromatic amines is 1. The van der Waals surface area contributed by atoms with Gasteiger partial charge in [-0.25, -0.2) is 14.8 Å². The van der Waals surface area contributed by atoms with Crippen LogP contribution in [0.15, 0.2) is 42.6 Å². The molecule has 0 radical (unpaired) electrons. The minimum absolute atomic E-state index is 0. The molecule has 0 saturated carbocycles. The summed E-state index contributed by atoms with van der Waals surface area (Å²) < 4.78 is 5.49. The summed E-state index contributed by atoms with van der Waals surface area (Å²) in [5.74, 6) is 1.65. The van der Waals surface area contributed by atoms with E-state index in [4.69, 9.17) is 9.72 Å². The number of ether oxygens (including phenoxy) is 1. The zero-order chi connectivity index (χ0) is 20.3. The third-order valence-electron chi connectivity index (χ3n) is 6.26. The lowest BCUT2D eigenvalue weighted by atomic mass is 9.90. The van der Waals surface area contributed by atoms with Crippen molar-refractivity contribution in [2.45, 2.75) is 37.7 Å². The molecule has 2 aromatic heterocycles. The second kappa shape index (κ2) is 9.66. The quantitative estimate of drug-likeness (QED) is 0.640. The summed E-state index contributed by atoms with van der Waals surface area (Å²) in [6, 6.07) is 11.9. The lowest BCUT2D eigenvalue weighted by molar-refractivity contribution is 0.104. The van der Waals surface area contributed by atoms with Gasteiger partial charge in [0, 0.05) is 25.2 Å². The summed E-state index contributed by atoms with van der Waals surface area (Å²) >= 11 is 0. The molecule has 5 rings (SSSR count). The first-order valence-corrected chi connectivity index (χ1v) is 10.8. The van der Waals surface area contributed by atoms with Gasteiger partial charge in [-0.1, -0.05) is 30.3 Å². The molecule has 31 heavy (non-hydrogen) atoms. The number of benzene rings is 1. The largest absolute Gasteiger partial charge is 0.445 e. The Morgan fingerprint density at radius 1 is 1.10 bits per heavy atom. The van der Waals surface area contributed by atoms with E-state index in [1.54, 1.807) is 4.90 Å². The Hall–Kier alpha value is -2.64. The minimum atomic E-state index is -0.258. The third-order valence-corrected chi connectivity index (χ3v) is 6.26. The minimum Gasteiger partial charge on any atom is -0.445 e. The molecular formula is C23H28ClN5O2. The molecule has 4 heterocycles. The van der Waals surface area contributed by atoms with Crippen molar-refractivity contribution >= 4 is 29.7 Å². The predicted molar refractivity (Wildman–Crippen MR) is 122 cm³/mol. The number of likely N-dealkylation sites (tertiary alicyclic amines) is 1. The number of nitrogens with one attached hydrogen (secondary N) is 2. The highest BCUT2D eigenvalue weighted by atomic mass is 35.5. The van der Waals surface area contributed by atoms with E-state index in [0.717, 1.165) is 54.9 Å². The van der Waals surface area contributed by atoms with Crippen molar-refractivity contribution in [2.75, 3.05) is 26.2 Å². The number of hydrogen-bond acceptors (Lipinski definition) is 5. The fourth-order valence-corrected chi connectivity index (χ4v) is 4.57. The summed E-state index contributed by atoms with van der Waals surface area (Å²) in [5, 5.41) is 3.43. The van der Waals surface area contributed by atoms with Crippen LogP contribution >= 0.6 is 12.4 Å². The van der Waals surface area contributed by atoms with E-state index < -0.39 is 0 Å². The summed E-state index contributed by atoms with van der Waals surface area (Å²) in [6.07, 6.45) is 4.76. The molecule has 7 nitrogen and oxygen atoms in total. The molecule has 0 bridgehead atoms.